The number of ether oxygens (including phenoxy) is 1. The molecule has 0 spiro atoms. The molecule has 0 bridgehead atoms. The molecular formula is C11H21FN2O2. The van der Waals surface area contributed by atoms with Gasteiger partial charge in [0.25, 0.3) is 0 Å². The van der Waals surface area contributed by atoms with Gasteiger partial charge in [-0.1, -0.05) is 0 Å². The summed E-state index contributed by atoms with van der Waals surface area (Å²) in [7, 11) is 0. The van der Waals surface area contributed by atoms with E-state index in [1.165, 1.54) is 4.90 Å². The molecule has 16 heavy (non-hydrogen) atoms. The van der Waals surface area contributed by atoms with Crippen LogP contribution in [0.1, 0.15) is 33.6 Å². The minimum atomic E-state index is -1.02. The number of halogens is 1. The Balaban J connectivity index is 2.51. The molecule has 1 amide bonds. The molecule has 0 saturated carbocycles. The zero-order valence-electron chi connectivity index (χ0n) is 10.2. The molecule has 1 saturated heterocycles. The summed E-state index contributed by atoms with van der Waals surface area (Å²) < 4.78 is 18.5. The fourth-order valence-electron chi connectivity index (χ4n) is 1.60. The van der Waals surface area contributed by atoms with Crippen molar-refractivity contribution in [3.8, 4) is 0 Å². The Bertz CT molecular complexity index is 241. The minimum absolute atomic E-state index is 0.292. The smallest absolute Gasteiger partial charge is 0.410 e. The van der Waals surface area contributed by atoms with E-state index in [0.717, 1.165) is 0 Å². The number of alkyl halides is 1. The summed E-state index contributed by atoms with van der Waals surface area (Å²) in [6.45, 7) is 6.28. The van der Waals surface area contributed by atoms with E-state index in [9.17, 15) is 9.18 Å². The van der Waals surface area contributed by atoms with Crippen LogP contribution >= 0.6 is 0 Å². The zero-order valence-corrected chi connectivity index (χ0v) is 10.2. The van der Waals surface area contributed by atoms with Crippen molar-refractivity contribution in [3.63, 3.8) is 0 Å². The Morgan fingerprint density at radius 3 is 2.50 bits per heavy atom. The molecule has 1 aliphatic heterocycles. The standard InChI is InChI=1S/C11H21FN2O2/c1-11(2,3)16-10(15)14-6-4-8(12)9(13)5-7-14/h8-9H,4-7,13H2,1-3H3. The van der Waals surface area contributed by atoms with Crippen molar-refractivity contribution in [2.45, 2.75) is 51.4 Å². The molecule has 2 N–H and O–H groups in total. The second-order valence-corrected chi connectivity index (χ2v) is 5.22. The molecule has 1 heterocycles. The molecule has 4 nitrogen and oxygen atoms in total. The van der Waals surface area contributed by atoms with Crippen molar-refractivity contribution in [1.82, 2.24) is 4.90 Å². The molecule has 94 valence electrons. The Morgan fingerprint density at radius 2 is 1.94 bits per heavy atom. The van der Waals surface area contributed by atoms with Crippen LogP contribution in [0.25, 0.3) is 0 Å². The van der Waals surface area contributed by atoms with Gasteiger partial charge >= 0.3 is 6.09 Å². The molecule has 0 aromatic rings. The first-order valence-corrected chi connectivity index (χ1v) is 5.67. The molecule has 2 atom stereocenters. The summed E-state index contributed by atoms with van der Waals surface area (Å²) in [6, 6.07) is -0.465. The molecule has 5 heteroatoms. The molecule has 2 unspecified atom stereocenters. The fourth-order valence-corrected chi connectivity index (χ4v) is 1.60. The molecular weight excluding hydrogens is 211 g/mol. The molecule has 1 rings (SSSR count). The number of carbonyl (C=O) groups excluding carboxylic acids is 1. The average Bonchev–Trinajstić information content (AvgIpc) is 2.28. The van der Waals surface area contributed by atoms with Crippen LogP contribution in [-0.4, -0.2) is 41.9 Å². The normalized spacial score (nSPS) is 27.4. The molecule has 0 aromatic heterocycles. The predicted molar refractivity (Wildman–Crippen MR) is 59.9 cm³/mol. The largest absolute Gasteiger partial charge is 0.444 e. The van der Waals surface area contributed by atoms with Gasteiger partial charge in [-0.05, 0) is 33.6 Å². The lowest BCUT2D eigenvalue weighted by Gasteiger charge is -2.26. The number of hydrogen-bond donors (Lipinski definition) is 1. The van der Waals surface area contributed by atoms with Crippen LogP contribution in [-0.2, 0) is 4.74 Å². The topological polar surface area (TPSA) is 55.6 Å². The number of likely N-dealkylation sites (tertiary alicyclic amines) is 1. The molecule has 0 radical (unpaired) electrons. The Labute approximate surface area is 95.9 Å². The highest BCUT2D eigenvalue weighted by molar-refractivity contribution is 5.68. The van der Waals surface area contributed by atoms with E-state index in [1.807, 2.05) is 20.8 Å². The lowest BCUT2D eigenvalue weighted by atomic mass is 10.1. The summed E-state index contributed by atoms with van der Waals surface area (Å²) in [4.78, 5) is 13.3. The van der Waals surface area contributed by atoms with E-state index >= 15 is 0 Å². The van der Waals surface area contributed by atoms with Crippen molar-refractivity contribution in [2.75, 3.05) is 13.1 Å². The van der Waals surface area contributed by atoms with Gasteiger partial charge in [-0.15, -0.1) is 0 Å². The monoisotopic (exact) mass is 232 g/mol. The fraction of sp³-hybridized carbons (Fsp3) is 0.909. The van der Waals surface area contributed by atoms with Gasteiger partial charge in [0.1, 0.15) is 11.8 Å². The number of carbonyl (C=O) groups is 1. The maximum absolute atomic E-state index is 13.3. The van der Waals surface area contributed by atoms with Gasteiger partial charge in [0.2, 0.25) is 0 Å². The van der Waals surface area contributed by atoms with E-state index in [4.69, 9.17) is 10.5 Å². The first kappa shape index (κ1) is 13.2. The van der Waals surface area contributed by atoms with Gasteiger partial charge in [-0.25, -0.2) is 9.18 Å². The van der Waals surface area contributed by atoms with Gasteiger partial charge in [-0.2, -0.15) is 0 Å². The van der Waals surface area contributed by atoms with E-state index < -0.39 is 17.8 Å². The third-order valence-electron chi connectivity index (χ3n) is 2.52. The summed E-state index contributed by atoms with van der Waals surface area (Å²) >= 11 is 0. The van der Waals surface area contributed by atoms with Crippen molar-refractivity contribution in [1.29, 1.82) is 0 Å². The lowest BCUT2D eigenvalue weighted by molar-refractivity contribution is 0.0254. The lowest BCUT2D eigenvalue weighted by Crippen LogP contribution is -2.37. The number of nitrogens with two attached hydrogens (primary N) is 1. The SMILES string of the molecule is CC(C)(C)OC(=O)N1CCC(N)C(F)CC1. The highest BCUT2D eigenvalue weighted by Crippen LogP contribution is 2.16. The first-order valence-electron chi connectivity index (χ1n) is 5.67. The Kier molecular flexibility index (Phi) is 4.13. The number of amides is 1. The summed E-state index contributed by atoms with van der Waals surface area (Å²) in [6.07, 6.45) is -0.623. The van der Waals surface area contributed by atoms with E-state index in [0.29, 0.717) is 25.9 Å². The van der Waals surface area contributed by atoms with Crippen LogP contribution < -0.4 is 5.73 Å². The highest BCUT2D eigenvalue weighted by Gasteiger charge is 2.28. The van der Waals surface area contributed by atoms with Gasteiger partial charge in [0.05, 0.1) is 0 Å². The number of nitrogens with zero attached hydrogens (tertiary/aromatic N) is 1. The summed E-state index contributed by atoms with van der Waals surface area (Å²) in [5.74, 6) is 0. The minimum Gasteiger partial charge on any atom is -0.444 e. The quantitative estimate of drug-likeness (QED) is 0.691. The van der Waals surface area contributed by atoms with Crippen molar-refractivity contribution in [3.05, 3.63) is 0 Å². The highest BCUT2D eigenvalue weighted by atomic mass is 19.1. The second-order valence-electron chi connectivity index (χ2n) is 5.22. The van der Waals surface area contributed by atoms with Crippen LogP contribution in [0.2, 0.25) is 0 Å². The molecule has 0 aliphatic carbocycles. The van der Waals surface area contributed by atoms with Crippen molar-refractivity contribution in [2.24, 2.45) is 5.73 Å². The van der Waals surface area contributed by atoms with E-state index in [2.05, 4.69) is 0 Å². The third-order valence-corrected chi connectivity index (χ3v) is 2.52. The van der Waals surface area contributed by atoms with Crippen LogP contribution in [0.15, 0.2) is 0 Å². The maximum Gasteiger partial charge on any atom is 0.410 e. The van der Waals surface area contributed by atoms with Gasteiger partial charge in [0, 0.05) is 19.1 Å². The summed E-state index contributed by atoms with van der Waals surface area (Å²) in [5, 5.41) is 0. The van der Waals surface area contributed by atoms with Crippen LogP contribution in [0.4, 0.5) is 9.18 Å². The second kappa shape index (κ2) is 4.99. The van der Waals surface area contributed by atoms with Gasteiger partial charge < -0.3 is 15.4 Å². The van der Waals surface area contributed by atoms with Crippen molar-refractivity contribution >= 4 is 6.09 Å². The van der Waals surface area contributed by atoms with Crippen LogP contribution in [0.3, 0.4) is 0 Å². The van der Waals surface area contributed by atoms with Gasteiger partial charge in [0.15, 0.2) is 0 Å². The first-order chi connectivity index (χ1) is 7.29. The van der Waals surface area contributed by atoms with Gasteiger partial charge in [-0.3, -0.25) is 0 Å². The molecule has 0 aromatic carbocycles. The molecule has 1 fully saturated rings. The average molecular weight is 232 g/mol. The zero-order chi connectivity index (χ0) is 12.3. The predicted octanol–water partition coefficient (Wildman–Crippen LogP) is 1.68. The summed E-state index contributed by atoms with van der Waals surface area (Å²) in [5.41, 5.74) is 5.10. The van der Waals surface area contributed by atoms with Crippen LogP contribution in [0.5, 0.6) is 0 Å². The number of hydrogen-bond acceptors (Lipinski definition) is 3. The Hall–Kier alpha value is -0.840. The van der Waals surface area contributed by atoms with E-state index in [-0.39, 0.29) is 6.09 Å². The van der Waals surface area contributed by atoms with E-state index in [1.54, 1.807) is 0 Å². The molecule has 1 aliphatic rings. The van der Waals surface area contributed by atoms with Crippen LogP contribution in [0, 0.1) is 0 Å². The number of rotatable bonds is 0. The Morgan fingerprint density at radius 1 is 1.38 bits per heavy atom. The maximum atomic E-state index is 13.3. The van der Waals surface area contributed by atoms with Crippen molar-refractivity contribution < 1.29 is 13.9 Å². The third kappa shape index (κ3) is 3.96.